The molecule has 0 aliphatic heterocycles. The van der Waals surface area contributed by atoms with E-state index in [9.17, 15) is 0 Å². The molecule has 2 nitrogen and oxygen atoms in total. The van der Waals surface area contributed by atoms with Gasteiger partial charge in [-0.15, -0.1) is 0 Å². The fourth-order valence-corrected chi connectivity index (χ4v) is 4.08. The second-order valence-corrected chi connectivity index (χ2v) is 7.76. The van der Waals surface area contributed by atoms with E-state index < -0.39 is 0 Å². The van der Waals surface area contributed by atoms with Crippen molar-refractivity contribution in [3.8, 4) is 0 Å². The van der Waals surface area contributed by atoms with Crippen LogP contribution in [0.5, 0.6) is 0 Å². The number of rotatable bonds is 4. The highest BCUT2D eigenvalue weighted by Crippen LogP contribution is 2.46. The predicted molar refractivity (Wildman–Crippen MR) is 102 cm³/mol. The maximum Gasteiger partial charge on any atom is 0.140 e. The van der Waals surface area contributed by atoms with Gasteiger partial charge in [-0.3, -0.25) is 0 Å². The van der Waals surface area contributed by atoms with E-state index in [0.717, 1.165) is 10.3 Å². The van der Waals surface area contributed by atoms with Gasteiger partial charge in [0, 0.05) is 26.5 Å². The van der Waals surface area contributed by atoms with Crippen molar-refractivity contribution in [3.05, 3.63) is 64.3 Å². The number of benzene rings is 2. The van der Waals surface area contributed by atoms with Gasteiger partial charge in [0.05, 0.1) is 0 Å². The molecule has 1 fully saturated rings. The number of anilines is 1. The lowest BCUT2D eigenvalue weighted by molar-refractivity contribution is 1.13. The second-order valence-electron chi connectivity index (χ2n) is 6.00. The van der Waals surface area contributed by atoms with Crippen molar-refractivity contribution in [2.24, 2.45) is 0 Å². The second kappa shape index (κ2) is 6.17. The van der Waals surface area contributed by atoms with E-state index in [-0.39, 0.29) is 0 Å². The molecule has 1 aliphatic rings. The number of pyridine rings is 1. The van der Waals surface area contributed by atoms with Gasteiger partial charge in [0.1, 0.15) is 5.82 Å². The molecule has 1 heterocycles. The highest BCUT2D eigenvalue weighted by Gasteiger charge is 2.28. The highest BCUT2D eigenvalue weighted by atomic mass is 79.9. The lowest BCUT2D eigenvalue weighted by Crippen LogP contribution is -1.98. The van der Waals surface area contributed by atoms with Gasteiger partial charge in [-0.05, 0) is 66.8 Å². The number of hydrogen-bond donors (Lipinski definition) is 1. The maximum atomic E-state index is 4.69. The van der Waals surface area contributed by atoms with Crippen LogP contribution in [0.4, 0.5) is 5.82 Å². The van der Waals surface area contributed by atoms with E-state index >= 15 is 0 Å². The third-order valence-electron chi connectivity index (χ3n) is 4.22. The average molecular weight is 385 g/mol. The van der Waals surface area contributed by atoms with Gasteiger partial charge < -0.3 is 4.72 Å². The van der Waals surface area contributed by atoms with Crippen LogP contribution in [0.2, 0.25) is 0 Å². The van der Waals surface area contributed by atoms with Gasteiger partial charge in [0.25, 0.3) is 0 Å². The van der Waals surface area contributed by atoms with Crippen LogP contribution in [0.15, 0.2) is 58.0 Å². The van der Waals surface area contributed by atoms with Gasteiger partial charge in [-0.2, -0.15) is 0 Å². The Morgan fingerprint density at radius 1 is 1.17 bits per heavy atom. The molecule has 0 atom stereocenters. The van der Waals surface area contributed by atoms with Crippen LogP contribution < -0.4 is 4.72 Å². The molecule has 2 aromatic carbocycles. The number of hydrogen-bond acceptors (Lipinski definition) is 3. The van der Waals surface area contributed by atoms with Crippen molar-refractivity contribution < 1.29 is 0 Å². The Kier molecular flexibility index (Phi) is 4.04. The molecule has 4 rings (SSSR count). The summed E-state index contributed by atoms with van der Waals surface area (Å²) in [5.74, 6) is 1.67. The van der Waals surface area contributed by atoms with E-state index in [1.165, 1.54) is 39.6 Å². The van der Waals surface area contributed by atoms with Crippen LogP contribution >= 0.6 is 27.9 Å². The minimum Gasteiger partial charge on any atom is -0.310 e. The average Bonchev–Trinajstić information content (AvgIpc) is 3.38. The first-order chi connectivity index (χ1) is 11.2. The molecule has 0 radical (unpaired) electrons. The molecule has 23 heavy (non-hydrogen) atoms. The summed E-state index contributed by atoms with van der Waals surface area (Å²) in [6.07, 6.45) is 4.51. The van der Waals surface area contributed by atoms with Crippen molar-refractivity contribution in [1.82, 2.24) is 4.98 Å². The number of nitrogens with one attached hydrogen (secondary N) is 1. The normalized spacial score (nSPS) is 14.2. The molecular formula is C19H17BrN2S. The van der Waals surface area contributed by atoms with Crippen LogP contribution in [0.25, 0.3) is 10.8 Å². The Hall–Kier alpha value is -1.52. The summed E-state index contributed by atoms with van der Waals surface area (Å²) in [6.45, 7) is 2.13. The number of aromatic nitrogens is 1. The summed E-state index contributed by atoms with van der Waals surface area (Å²) in [6, 6.07) is 14.9. The third kappa shape index (κ3) is 3.10. The summed E-state index contributed by atoms with van der Waals surface area (Å²) in [5.41, 5.74) is 2.64. The SMILES string of the molecule is Cc1cc(Br)ccc1SNc1ncc2ccccc2c1C1CC1. The zero-order valence-electron chi connectivity index (χ0n) is 12.8. The first kappa shape index (κ1) is 15.0. The minimum atomic E-state index is 0.655. The Morgan fingerprint density at radius 2 is 2.00 bits per heavy atom. The van der Waals surface area contributed by atoms with Crippen molar-refractivity contribution in [1.29, 1.82) is 0 Å². The van der Waals surface area contributed by atoms with Gasteiger partial charge in [0.15, 0.2) is 0 Å². The van der Waals surface area contributed by atoms with E-state index in [4.69, 9.17) is 0 Å². The van der Waals surface area contributed by atoms with Gasteiger partial charge in [-0.1, -0.05) is 40.2 Å². The molecule has 1 N–H and O–H groups in total. The molecule has 0 spiro atoms. The largest absolute Gasteiger partial charge is 0.310 e. The molecule has 3 aromatic rings. The molecule has 0 unspecified atom stereocenters. The van der Waals surface area contributed by atoms with Crippen molar-refractivity contribution in [2.45, 2.75) is 30.6 Å². The lowest BCUT2D eigenvalue weighted by Gasteiger charge is -2.13. The minimum absolute atomic E-state index is 0.655. The Labute approximate surface area is 149 Å². The summed E-state index contributed by atoms with van der Waals surface area (Å²) in [7, 11) is 0. The molecule has 1 aliphatic carbocycles. The lowest BCUT2D eigenvalue weighted by atomic mass is 10.0. The van der Waals surface area contributed by atoms with Gasteiger partial charge in [0.2, 0.25) is 0 Å². The highest BCUT2D eigenvalue weighted by molar-refractivity contribution is 9.10. The predicted octanol–water partition coefficient (Wildman–Crippen LogP) is 6.30. The van der Waals surface area contributed by atoms with E-state index in [1.807, 2.05) is 6.20 Å². The molecule has 0 bridgehead atoms. The zero-order chi connectivity index (χ0) is 15.8. The Morgan fingerprint density at radius 3 is 2.78 bits per heavy atom. The van der Waals surface area contributed by atoms with Crippen LogP contribution in [0.1, 0.15) is 29.9 Å². The summed E-state index contributed by atoms with van der Waals surface area (Å²) >= 11 is 5.16. The van der Waals surface area contributed by atoms with Gasteiger partial charge >= 0.3 is 0 Å². The van der Waals surface area contributed by atoms with E-state index in [2.05, 4.69) is 75.0 Å². The number of fused-ring (bicyclic) bond motifs is 1. The number of nitrogens with zero attached hydrogens (tertiary/aromatic N) is 1. The third-order valence-corrected chi connectivity index (χ3v) is 5.69. The molecular weight excluding hydrogens is 368 g/mol. The van der Waals surface area contributed by atoms with Gasteiger partial charge in [-0.25, -0.2) is 4.98 Å². The molecule has 4 heteroatoms. The quantitative estimate of drug-likeness (QED) is 0.534. The fourth-order valence-electron chi connectivity index (χ4n) is 2.88. The topological polar surface area (TPSA) is 24.9 Å². The van der Waals surface area contributed by atoms with Crippen LogP contribution in [0.3, 0.4) is 0 Å². The van der Waals surface area contributed by atoms with Crippen LogP contribution in [-0.4, -0.2) is 4.98 Å². The standard InChI is InChI=1S/C19H17BrN2S/c1-12-10-15(20)8-9-17(12)23-22-19-18(13-6-7-13)16-5-3-2-4-14(16)11-21-19/h2-5,8-11,13H,6-7H2,1H3,(H,21,22). The van der Waals surface area contributed by atoms with Crippen molar-refractivity contribution in [2.75, 3.05) is 4.72 Å². The molecule has 0 saturated heterocycles. The van der Waals surface area contributed by atoms with Crippen molar-refractivity contribution >= 4 is 44.5 Å². The molecule has 1 aromatic heterocycles. The zero-order valence-corrected chi connectivity index (χ0v) is 15.2. The smallest absolute Gasteiger partial charge is 0.140 e. The molecule has 116 valence electrons. The molecule has 1 saturated carbocycles. The summed E-state index contributed by atoms with van der Waals surface area (Å²) in [5, 5.41) is 2.56. The Bertz CT molecular complexity index is 874. The monoisotopic (exact) mass is 384 g/mol. The maximum absolute atomic E-state index is 4.69. The van der Waals surface area contributed by atoms with E-state index in [1.54, 1.807) is 11.9 Å². The van der Waals surface area contributed by atoms with Crippen LogP contribution in [0, 0.1) is 6.92 Å². The summed E-state index contributed by atoms with van der Waals surface area (Å²) < 4.78 is 4.61. The van der Waals surface area contributed by atoms with E-state index in [0.29, 0.717) is 5.92 Å². The first-order valence-corrected chi connectivity index (χ1v) is 9.40. The molecule has 0 amide bonds. The van der Waals surface area contributed by atoms with Crippen LogP contribution in [-0.2, 0) is 0 Å². The number of aryl methyl sites for hydroxylation is 1. The van der Waals surface area contributed by atoms with Crippen molar-refractivity contribution in [3.63, 3.8) is 0 Å². The number of halogens is 1. The summed E-state index contributed by atoms with van der Waals surface area (Å²) in [4.78, 5) is 5.92. The first-order valence-electron chi connectivity index (χ1n) is 7.79. The fraction of sp³-hybridized carbons (Fsp3) is 0.211. The Balaban J connectivity index is 1.67.